The van der Waals surface area contributed by atoms with Crippen molar-refractivity contribution in [3.8, 4) is 17.7 Å². The van der Waals surface area contributed by atoms with Gasteiger partial charge in [-0.15, -0.1) is 13.2 Å². The first-order chi connectivity index (χ1) is 19.3. The number of halogens is 3. The SMILES string of the molecule is [2H]C([2H])([2H])Oc1ncc(C(=O)N2CC[C@@H](NC(=O)c3ccccc3OC(F)(F)F)[C@@H](c3ccccc3)C2)cc1C#N. The van der Waals surface area contributed by atoms with Crippen LogP contribution in [0.5, 0.6) is 11.6 Å². The molecule has 38 heavy (non-hydrogen) atoms. The highest BCUT2D eigenvalue weighted by Gasteiger charge is 2.36. The topological polar surface area (TPSA) is 105 Å². The number of hydrogen-bond acceptors (Lipinski definition) is 6. The first-order valence-corrected chi connectivity index (χ1v) is 11.4. The first kappa shape index (κ1) is 22.6. The van der Waals surface area contributed by atoms with Crippen LogP contribution in [0, 0.1) is 11.3 Å². The van der Waals surface area contributed by atoms with E-state index in [9.17, 15) is 28.0 Å². The van der Waals surface area contributed by atoms with E-state index in [1.54, 1.807) is 24.3 Å². The molecule has 1 aliphatic heterocycles. The number of para-hydroxylation sites is 1. The fourth-order valence-electron chi connectivity index (χ4n) is 4.37. The number of hydrogen-bond donors (Lipinski definition) is 1. The lowest BCUT2D eigenvalue weighted by atomic mass is 9.85. The lowest BCUT2D eigenvalue weighted by Gasteiger charge is -2.39. The molecule has 2 aromatic carbocycles. The molecule has 4 rings (SSSR count). The number of piperidine rings is 1. The number of carbonyl (C=O) groups excluding carboxylic acids is 2. The molecule has 0 aliphatic carbocycles. The summed E-state index contributed by atoms with van der Waals surface area (Å²) in [7, 11) is -2.83. The van der Waals surface area contributed by atoms with Gasteiger partial charge < -0.3 is 19.7 Å². The Morgan fingerprint density at radius 2 is 1.92 bits per heavy atom. The number of alkyl halides is 3. The molecule has 0 bridgehead atoms. The van der Waals surface area contributed by atoms with Crippen molar-refractivity contribution in [3.05, 3.63) is 89.1 Å². The van der Waals surface area contributed by atoms with E-state index >= 15 is 0 Å². The molecule has 3 aromatic rings. The monoisotopic (exact) mass is 527 g/mol. The Hall–Kier alpha value is -4.59. The van der Waals surface area contributed by atoms with Crippen molar-refractivity contribution in [2.45, 2.75) is 24.7 Å². The van der Waals surface area contributed by atoms with E-state index in [0.717, 1.165) is 17.8 Å². The average Bonchev–Trinajstić information content (AvgIpc) is 2.92. The smallest absolute Gasteiger partial charge is 0.480 e. The fourth-order valence-corrected chi connectivity index (χ4v) is 4.37. The number of pyridine rings is 1. The summed E-state index contributed by atoms with van der Waals surface area (Å²) in [5.41, 5.74) is 0.303. The fraction of sp³-hybridized carbons (Fsp3) is 0.259. The van der Waals surface area contributed by atoms with Gasteiger partial charge in [-0.3, -0.25) is 9.59 Å². The normalized spacial score (nSPS) is 18.8. The Morgan fingerprint density at radius 3 is 2.63 bits per heavy atom. The second-order valence-electron chi connectivity index (χ2n) is 8.47. The van der Waals surface area contributed by atoms with Crippen molar-refractivity contribution in [2.75, 3.05) is 20.1 Å². The summed E-state index contributed by atoms with van der Waals surface area (Å²) in [6, 6.07) is 16.4. The molecule has 8 nitrogen and oxygen atoms in total. The lowest BCUT2D eigenvalue weighted by Crippen LogP contribution is -2.51. The van der Waals surface area contributed by atoms with Gasteiger partial charge in [-0.05, 0) is 30.2 Å². The molecule has 2 heterocycles. The maximum Gasteiger partial charge on any atom is 0.573 e. The highest BCUT2D eigenvalue weighted by Crippen LogP contribution is 2.31. The van der Waals surface area contributed by atoms with Gasteiger partial charge in [0.2, 0.25) is 5.88 Å². The molecule has 2 amide bonds. The predicted octanol–water partition coefficient (Wildman–Crippen LogP) is 4.29. The quantitative estimate of drug-likeness (QED) is 0.513. The molecule has 1 aromatic heterocycles. The van der Waals surface area contributed by atoms with E-state index < -0.39 is 48.8 Å². The van der Waals surface area contributed by atoms with E-state index in [-0.39, 0.29) is 36.2 Å². The minimum absolute atomic E-state index is 0.0342. The van der Waals surface area contributed by atoms with Crippen molar-refractivity contribution in [2.24, 2.45) is 0 Å². The van der Waals surface area contributed by atoms with Crippen LogP contribution in [0.25, 0.3) is 0 Å². The molecule has 0 saturated carbocycles. The van der Waals surface area contributed by atoms with E-state index in [0.29, 0.717) is 0 Å². The molecule has 0 radical (unpaired) electrons. The highest BCUT2D eigenvalue weighted by molar-refractivity contribution is 5.97. The van der Waals surface area contributed by atoms with Gasteiger partial charge in [-0.25, -0.2) is 4.98 Å². The standard InChI is InChI=1S/C27H23F3N4O4/c1-37-25-18(14-31)13-19(15-32-25)26(36)34-12-11-22(21(16-34)17-7-3-2-4-8-17)33-24(35)20-9-5-6-10-23(20)38-27(28,29)30/h2-10,13,15,21-22H,11-12,16H2,1H3,(H,33,35)/t21-,22-/m1/s1/i1D3. The van der Waals surface area contributed by atoms with Crippen LogP contribution in [0.1, 0.15) is 48.3 Å². The number of ether oxygens (including phenoxy) is 2. The third kappa shape index (κ3) is 6.03. The van der Waals surface area contributed by atoms with Gasteiger partial charge in [0, 0.05) is 31.2 Å². The number of likely N-dealkylation sites (tertiary alicyclic amines) is 1. The number of aromatic nitrogens is 1. The van der Waals surface area contributed by atoms with Gasteiger partial charge >= 0.3 is 6.36 Å². The van der Waals surface area contributed by atoms with Crippen molar-refractivity contribution in [3.63, 3.8) is 0 Å². The molecule has 0 spiro atoms. The molecule has 2 atom stereocenters. The van der Waals surface area contributed by atoms with Gasteiger partial charge in [0.1, 0.15) is 17.4 Å². The molecule has 1 saturated heterocycles. The van der Waals surface area contributed by atoms with Gasteiger partial charge in [-0.1, -0.05) is 42.5 Å². The Morgan fingerprint density at radius 1 is 1.18 bits per heavy atom. The lowest BCUT2D eigenvalue weighted by molar-refractivity contribution is -0.274. The minimum Gasteiger partial charge on any atom is -0.480 e. The molecule has 196 valence electrons. The second kappa shape index (κ2) is 11.2. The second-order valence-corrected chi connectivity index (χ2v) is 8.47. The molecular formula is C27H23F3N4O4. The number of amides is 2. The number of nitrogens with zero attached hydrogens (tertiary/aromatic N) is 3. The number of methoxy groups -OCH3 is 1. The Balaban J connectivity index is 1.56. The number of carbonyl (C=O) groups is 2. The van der Waals surface area contributed by atoms with Gasteiger partial charge in [0.15, 0.2) is 0 Å². The summed E-state index contributed by atoms with van der Waals surface area (Å²) >= 11 is 0. The van der Waals surface area contributed by atoms with Crippen molar-refractivity contribution in [1.29, 1.82) is 5.26 Å². The Labute approximate surface area is 220 Å². The van der Waals surface area contributed by atoms with E-state index in [4.69, 9.17) is 8.85 Å². The summed E-state index contributed by atoms with van der Waals surface area (Å²) in [6.07, 6.45) is -3.60. The molecular weight excluding hydrogens is 501 g/mol. The largest absolute Gasteiger partial charge is 0.573 e. The number of rotatable bonds is 6. The highest BCUT2D eigenvalue weighted by atomic mass is 19.4. The van der Waals surface area contributed by atoms with E-state index in [1.165, 1.54) is 29.2 Å². The van der Waals surface area contributed by atoms with Gasteiger partial charge in [0.05, 0.1) is 22.3 Å². The van der Waals surface area contributed by atoms with Crippen LogP contribution >= 0.6 is 0 Å². The zero-order chi connectivity index (χ0) is 29.8. The van der Waals surface area contributed by atoms with Crippen LogP contribution in [0.2, 0.25) is 0 Å². The third-order valence-electron chi connectivity index (χ3n) is 6.12. The van der Waals surface area contributed by atoms with Crippen LogP contribution in [-0.2, 0) is 0 Å². The number of nitriles is 1. The molecule has 11 heteroatoms. The van der Waals surface area contributed by atoms with Crippen molar-refractivity contribution in [1.82, 2.24) is 15.2 Å². The maximum atomic E-state index is 13.4. The van der Waals surface area contributed by atoms with Crippen LogP contribution in [-0.4, -0.2) is 54.2 Å². The molecule has 0 unspecified atom stereocenters. The molecule has 1 aliphatic rings. The van der Waals surface area contributed by atoms with Crippen LogP contribution < -0.4 is 14.8 Å². The van der Waals surface area contributed by atoms with Crippen molar-refractivity contribution < 1.29 is 36.3 Å². The Kier molecular flexibility index (Phi) is 6.67. The van der Waals surface area contributed by atoms with Crippen LogP contribution in [0.15, 0.2) is 66.9 Å². The van der Waals surface area contributed by atoms with Crippen LogP contribution in [0.3, 0.4) is 0 Å². The predicted molar refractivity (Wildman–Crippen MR) is 130 cm³/mol. The molecule has 1 N–H and O–H groups in total. The van der Waals surface area contributed by atoms with E-state index in [2.05, 4.69) is 15.0 Å². The van der Waals surface area contributed by atoms with Gasteiger partial charge in [0.25, 0.3) is 11.8 Å². The zero-order valence-electron chi connectivity index (χ0n) is 22.7. The van der Waals surface area contributed by atoms with Crippen molar-refractivity contribution >= 4 is 11.8 Å². The summed E-state index contributed by atoms with van der Waals surface area (Å²) in [5, 5.41) is 12.2. The third-order valence-corrected chi connectivity index (χ3v) is 6.12. The summed E-state index contributed by atoms with van der Waals surface area (Å²) in [5.74, 6) is -2.74. The number of nitrogens with one attached hydrogen (secondary N) is 1. The minimum atomic E-state index is -4.98. The van der Waals surface area contributed by atoms with Gasteiger partial charge in [-0.2, -0.15) is 5.26 Å². The van der Waals surface area contributed by atoms with E-state index in [1.807, 2.05) is 12.1 Å². The summed E-state index contributed by atoms with van der Waals surface area (Å²) < 4.78 is 69.0. The van der Waals surface area contributed by atoms with Crippen LogP contribution in [0.4, 0.5) is 13.2 Å². The maximum absolute atomic E-state index is 13.4. The average molecular weight is 528 g/mol. The summed E-state index contributed by atoms with van der Waals surface area (Å²) in [6.45, 7) is 0.299. The number of benzene rings is 2. The zero-order valence-corrected chi connectivity index (χ0v) is 19.7. The first-order valence-electron chi connectivity index (χ1n) is 12.9. The molecule has 1 fully saturated rings. The summed E-state index contributed by atoms with van der Waals surface area (Å²) in [4.78, 5) is 31.8. The Bertz CT molecular complexity index is 1460.